The molecule has 1 aliphatic rings. The minimum Gasteiger partial charge on any atom is -0.351 e. The quantitative estimate of drug-likeness (QED) is 0.770. The van der Waals surface area contributed by atoms with Gasteiger partial charge in [0.2, 0.25) is 5.91 Å². The lowest BCUT2D eigenvalue weighted by molar-refractivity contribution is -0.127. The average molecular weight is 230 g/mol. The van der Waals surface area contributed by atoms with Gasteiger partial charge in [-0.25, -0.2) is 0 Å². The van der Waals surface area contributed by atoms with E-state index in [0.29, 0.717) is 18.9 Å². The molecular formula is C11H22N2OS. The highest BCUT2D eigenvalue weighted by atomic mass is 32.2. The highest BCUT2D eigenvalue weighted by Crippen LogP contribution is 2.18. The zero-order valence-corrected chi connectivity index (χ0v) is 10.5. The van der Waals surface area contributed by atoms with Crippen LogP contribution in [0.15, 0.2) is 0 Å². The molecule has 0 aromatic rings. The van der Waals surface area contributed by atoms with E-state index in [9.17, 15) is 4.79 Å². The lowest BCUT2D eigenvalue weighted by Crippen LogP contribution is -2.56. The van der Waals surface area contributed by atoms with Gasteiger partial charge in [0.25, 0.3) is 0 Å². The molecule has 1 amide bonds. The number of thioether (sulfide) groups is 1. The molecular weight excluding hydrogens is 208 g/mol. The van der Waals surface area contributed by atoms with E-state index in [4.69, 9.17) is 5.73 Å². The molecule has 0 aliphatic carbocycles. The predicted octanol–water partition coefficient (Wildman–Crippen LogP) is 1.52. The Morgan fingerprint density at radius 1 is 1.53 bits per heavy atom. The minimum absolute atomic E-state index is 0.0278. The van der Waals surface area contributed by atoms with Crippen molar-refractivity contribution < 1.29 is 4.79 Å². The van der Waals surface area contributed by atoms with E-state index >= 15 is 0 Å². The average Bonchev–Trinajstić information content (AvgIpc) is 2.29. The molecule has 3 N–H and O–H groups in total. The van der Waals surface area contributed by atoms with Crippen molar-refractivity contribution >= 4 is 17.7 Å². The van der Waals surface area contributed by atoms with Gasteiger partial charge in [0, 0.05) is 11.8 Å². The van der Waals surface area contributed by atoms with Gasteiger partial charge in [0.05, 0.1) is 5.54 Å². The van der Waals surface area contributed by atoms with Gasteiger partial charge in [0.15, 0.2) is 0 Å². The predicted molar refractivity (Wildman–Crippen MR) is 66.0 cm³/mol. The Balaban J connectivity index is 2.45. The second-order valence-electron chi connectivity index (χ2n) is 4.25. The smallest absolute Gasteiger partial charge is 0.240 e. The van der Waals surface area contributed by atoms with Crippen molar-refractivity contribution in [1.29, 1.82) is 0 Å². The van der Waals surface area contributed by atoms with Gasteiger partial charge in [-0.2, -0.15) is 11.8 Å². The SMILES string of the molecule is CCC(N)(CC)C(=O)NC1CCCSC1. The van der Waals surface area contributed by atoms with E-state index in [1.54, 1.807) is 0 Å². The maximum absolute atomic E-state index is 11.9. The normalized spacial score (nSPS) is 22.5. The van der Waals surface area contributed by atoms with Crippen molar-refractivity contribution in [1.82, 2.24) is 5.32 Å². The lowest BCUT2D eigenvalue weighted by atomic mass is 9.92. The highest BCUT2D eigenvalue weighted by Gasteiger charge is 2.31. The second-order valence-corrected chi connectivity index (χ2v) is 5.40. The van der Waals surface area contributed by atoms with E-state index in [1.807, 2.05) is 25.6 Å². The van der Waals surface area contributed by atoms with Crippen LogP contribution in [0, 0.1) is 0 Å². The number of nitrogens with two attached hydrogens (primary N) is 1. The Hall–Kier alpha value is -0.220. The topological polar surface area (TPSA) is 55.1 Å². The molecule has 4 heteroatoms. The van der Waals surface area contributed by atoms with Crippen LogP contribution in [-0.2, 0) is 4.79 Å². The standard InChI is InChI=1S/C11H22N2OS/c1-3-11(12,4-2)10(14)13-9-6-5-7-15-8-9/h9H,3-8,12H2,1-2H3,(H,13,14). The van der Waals surface area contributed by atoms with E-state index in [1.165, 1.54) is 12.2 Å². The molecule has 3 nitrogen and oxygen atoms in total. The molecule has 1 aliphatic heterocycles. The summed E-state index contributed by atoms with van der Waals surface area (Å²) >= 11 is 1.92. The monoisotopic (exact) mass is 230 g/mol. The van der Waals surface area contributed by atoms with Crippen LogP contribution < -0.4 is 11.1 Å². The van der Waals surface area contributed by atoms with Crippen LogP contribution in [0.5, 0.6) is 0 Å². The molecule has 0 radical (unpaired) electrons. The number of hydrogen-bond acceptors (Lipinski definition) is 3. The van der Waals surface area contributed by atoms with Gasteiger partial charge in [-0.05, 0) is 31.4 Å². The third-order valence-corrected chi connectivity index (χ3v) is 4.42. The first-order chi connectivity index (χ1) is 7.12. The fourth-order valence-corrected chi connectivity index (χ4v) is 2.83. The molecule has 1 rings (SSSR count). The largest absolute Gasteiger partial charge is 0.351 e. The summed E-state index contributed by atoms with van der Waals surface area (Å²) in [4.78, 5) is 11.9. The first-order valence-electron chi connectivity index (χ1n) is 5.80. The molecule has 88 valence electrons. The highest BCUT2D eigenvalue weighted by molar-refractivity contribution is 7.99. The fraction of sp³-hybridized carbons (Fsp3) is 0.909. The van der Waals surface area contributed by atoms with Crippen molar-refractivity contribution in [2.24, 2.45) is 5.73 Å². The number of amides is 1. The molecule has 0 aromatic heterocycles. The van der Waals surface area contributed by atoms with Crippen molar-refractivity contribution in [3.8, 4) is 0 Å². The van der Waals surface area contributed by atoms with Crippen LogP contribution >= 0.6 is 11.8 Å². The van der Waals surface area contributed by atoms with E-state index < -0.39 is 5.54 Å². The molecule has 1 saturated heterocycles. The van der Waals surface area contributed by atoms with Crippen LogP contribution in [0.2, 0.25) is 0 Å². The summed E-state index contributed by atoms with van der Waals surface area (Å²) in [7, 11) is 0. The Bertz CT molecular complexity index is 211. The number of rotatable bonds is 4. The molecule has 0 saturated carbocycles. The van der Waals surface area contributed by atoms with Crippen LogP contribution in [0.25, 0.3) is 0 Å². The van der Waals surface area contributed by atoms with Gasteiger partial charge in [-0.1, -0.05) is 13.8 Å². The number of carbonyl (C=O) groups excluding carboxylic acids is 1. The van der Waals surface area contributed by atoms with Gasteiger partial charge in [-0.15, -0.1) is 0 Å². The van der Waals surface area contributed by atoms with Crippen molar-refractivity contribution in [2.75, 3.05) is 11.5 Å². The van der Waals surface area contributed by atoms with Gasteiger partial charge < -0.3 is 11.1 Å². The van der Waals surface area contributed by atoms with Gasteiger partial charge in [-0.3, -0.25) is 4.79 Å². The van der Waals surface area contributed by atoms with Crippen molar-refractivity contribution in [3.63, 3.8) is 0 Å². The molecule has 1 atom stereocenters. The summed E-state index contributed by atoms with van der Waals surface area (Å²) in [5.74, 6) is 2.29. The Morgan fingerprint density at radius 3 is 2.67 bits per heavy atom. The summed E-state index contributed by atoms with van der Waals surface area (Å²) in [6.45, 7) is 3.94. The number of hydrogen-bond donors (Lipinski definition) is 2. The van der Waals surface area contributed by atoms with Crippen LogP contribution in [0.4, 0.5) is 0 Å². The first-order valence-corrected chi connectivity index (χ1v) is 6.95. The van der Waals surface area contributed by atoms with E-state index in [0.717, 1.165) is 12.2 Å². The van der Waals surface area contributed by atoms with Crippen LogP contribution in [-0.4, -0.2) is 29.0 Å². The maximum Gasteiger partial charge on any atom is 0.240 e. The second kappa shape index (κ2) is 5.75. The molecule has 0 bridgehead atoms. The van der Waals surface area contributed by atoms with Crippen LogP contribution in [0.1, 0.15) is 39.5 Å². The molecule has 1 fully saturated rings. The molecule has 1 unspecified atom stereocenters. The summed E-state index contributed by atoms with van der Waals surface area (Å²) in [5.41, 5.74) is 5.37. The lowest BCUT2D eigenvalue weighted by Gasteiger charge is -2.30. The molecule has 0 spiro atoms. The fourth-order valence-electron chi connectivity index (χ4n) is 1.75. The summed E-state index contributed by atoms with van der Waals surface area (Å²) in [5, 5.41) is 3.08. The third-order valence-electron chi connectivity index (χ3n) is 3.21. The summed E-state index contributed by atoms with van der Waals surface area (Å²) < 4.78 is 0. The zero-order chi connectivity index (χ0) is 11.3. The van der Waals surface area contributed by atoms with Crippen molar-refractivity contribution in [2.45, 2.75) is 51.1 Å². The zero-order valence-electron chi connectivity index (χ0n) is 9.71. The Labute approximate surface area is 96.6 Å². The van der Waals surface area contributed by atoms with Crippen LogP contribution in [0.3, 0.4) is 0 Å². The molecule has 0 aromatic carbocycles. The van der Waals surface area contributed by atoms with Crippen molar-refractivity contribution in [3.05, 3.63) is 0 Å². The Morgan fingerprint density at radius 2 is 2.20 bits per heavy atom. The summed E-state index contributed by atoms with van der Waals surface area (Å²) in [6.07, 6.45) is 3.71. The van der Waals surface area contributed by atoms with Gasteiger partial charge >= 0.3 is 0 Å². The van der Waals surface area contributed by atoms with Gasteiger partial charge in [0.1, 0.15) is 0 Å². The number of nitrogens with one attached hydrogen (secondary N) is 1. The first kappa shape index (κ1) is 12.8. The maximum atomic E-state index is 11.9. The molecule has 1 heterocycles. The van der Waals surface area contributed by atoms with E-state index in [2.05, 4.69) is 5.32 Å². The summed E-state index contributed by atoms with van der Waals surface area (Å²) in [6, 6.07) is 0.331. The van der Waals surface area contributed by atoms with E-state index in [-0.39, 0.29) is 5.91 Å². The molecule has 15 heavy (non-hydrogen) atoms. The number of carbonyl (C=O) groups is 1. The third kappa shape index (κ3) is 3.38. The Kier molecular flexibility index (Phi) is 4.93. The minimum atomic E-state index is -0.665.